The van der Waals surface area contributed by atoms with Crippen molar-refractivity contribution in [2.45, 2.75) is 6.42 Å². The van der Waals surface area contributed by atoms with Crippen LogP contribution in [0.5, 0.6) is 0 Å². The van der Waals surface area contributed by atoms with Gasteiger partial charge in [-0.1, -0.05) is 17.7 Å². The first-order valence-corrected chi connectivity index (χ1v) is 6.56. The molecule has 21 heavy (non-hydrogen) atoms. The Morgan fingerprint density at radius 1 is 1.52 bits per heavy atom. The molecule has 1 N–H and O–H groups in total. The number of amides is 1. The van der Waals surface area contributed by atoms with Crippen molar-refractivity contribution in [2.75, 3.05) is 6.54 Å². The third-order valence-electron chi connectivity index (χ3n) is 2.97. The van der Waals surface area contributed by atoms with Crippen LogP contribution in [0.3, 0.4) is 0 Å². The number of hydrogen-bond acceptors (Lipinski definition) is 4. The van der Waals surface area contributed by atoms with Crippen LogP contribution in [-0.4, -0.2) is 26.9 Å². The lowest BCUT2D eigenvalue weighted by Crippen LogP contribution is -2.26. The van der Waals surface area contributed by atoms with Crippen LogP contribution < -0.4 is 5.32 Å². The molecular weight excluding hydrogens is 296 g/mol. The van der Waals surface area contributed by atoms with E-state index in [0.717, 1.165) is 5.82 Å². The molecule has 0 unspecified atom stereocenters. The van der Waals surface area contributed by atoms with E-state index in [0.29, 0.717) is 13.0 Å². The first kappa shape index (κ1) is 15.0. The Balaban J connectivity index is 2.02. The molecule has 0 saturated carbocycles. The molecule has 8 heteroatoms. The van der Waals surface area contributed by atoms with Gasteiger partial charge in [0.2, 0.25) is 0 Å². The van der Waals surface area contributed by atoms with Gasteiger partial charge in [-0.15, -0.1) is 0 Å². The van der Waals surface area contributed by atoms with Gasteiger partial charge in [0.05, 0.1) is 10.5 Å². The lowest BCUT2D eigenvalue weighted by Gasteiger charge is -2.07. The molecule has 0 spiro atoms. The second-order valence-corrected chi connectivity index (χ2v) is 4.73. The standard InChI is InChI=1S/C13H13ClN4O3/c1-17-8-7-15-11(17)5-6-16-13(19)9-3-2-4-10(12(9)14)18(20)21/h2-4,7-8H,5-6H2,1H3,(H,16,19). The van der Waals surface area contributed by atoms with Gasteiger partial charge in [0, 0.05) is 38.5 Å². The SMILES string of the molecule is Cn1ccnc1CCNC(=O)c1cccc([N+](=O)[O-])c1Cl. The third-order valence-corrected chi connectivity index (χ3v) is 3.37. The van der Waals surface area contributed by atoms with E-state index in [4.69, 9.17) is 11.6 Å². The van der Waals surface area contributed by atoms with E-state index in [1.165, 1.54) is 18.2 Å². The van der Waals surface area contributed by atoms with Crippen molar-refractivity contribution >= 4 is 23.2 Å². The monoisotopic (exact) mass is 308 g/mol. The quantitative estimate of drug-likeness (QED) is 0.675. The van der Waals surface area contributed by atoms with Crippen molar-refractivity contribution in [1.29, 1.82) is 0 Å². The largest absolute Gasteiger partial charge is 0.352 e. The molecule has 0 fully saturated rings. The van der Waals surface area contributed by atoms with Gasteiger partial charge in [0.25, 0.3) is 11.6 Å². The fourth-order valence-electron chi connectivity index (χ4n) is 1.86. The molecule has 1 aromatic carbocycles. The van der Waals surface area contributed by atoms with E-state index in [9.17, 15) is 14.9 Å². The van der Waals surface area contributed by atoms with Crippen molar-refractivity contribution < 1.29 is 9.72 Å². The molecule has 0 aliphatic rings. The Labute approximate surface area is 125 Å². The zero-order valence-corrected chi connectivity index (χ0v) is 12.0. The fourth-order valence-corrected chi connectivity index (χ4v) is 2.14. The second-order valence-electron chi connectivity index (χ2n) is 4.36. The van der Waals surface area contributed by atoms with Gasteiger partial charge in [0.15, 0.2) is 0 Å². The topological polar surface area (TPSA) is 90.1 Å². The summed E-state index contributed by atoms with van der Waals surface area (Å²) in [6.07, 6.45) is 4.05. The Bertz CT molecular complexity index is 684. The Morgan fingerprint density at radius 2 is 2.29 bits per heavy atom. The maximum absolute atomic E-state index is 12.0. The number of nitrogens with zero attached hydrogens (tertiary/aromatic N) is 3. The molecular formula is C13H13ClN4O3. The Morgan fingerprint density at radius 3 is 2.90 bits per heavy atom. The predicted molar refractivity (Wildman–Crippen MR) is 77.4 cm³/mol. The summed E-state index contributed by atoms with van der Waals surface area (Å²) >= 11 is 5.88. The predicted octanol–water partition coefficient (Wildman–Crippen LogP) is 1.95. The van der Waals surface area contributed by atoms with Gasteiger partial charge < -0.3 is 9.88 Å². The average Bonchev–Trinajstić information content (AvgIpc) is 2.84. The van der Waals surface area contributed by atoms with E-state index < -0.39 is 10.8 Å². The number of nitro groups is 1. The summed E-state index contributed by atoms with van der Waals surface area (Å²) in [5, 5.41) is 13.3. The summed E-state index contributed by atoms with van der Waals surface area (Å²) in [6.45, 7) is 0.364. The summed E-state index contributed by atoms with van der Waals surface area (Å²) in [4.78, 5) is 26.3. The van der Waals surface area contributed by atoms with E-state index in [-0.39, 0.29) is 16.3 Å². The molecule has 0 aliphatic carbocycles. The third kappa shape index (κ3) is 3.38. The molecule has 1 aromatic heterocycles. The van der Waals surface area contributed by atoms with E-state index in [2.05, 4.69) is 10.3 Å². The number of hydrogen-bond donors (Lipinski definition) is 1. The number of rotatable bonds is 5. The Kier molecular flexibility index (Phi) is 4.54. The van der Waals surface area contributed by atoms with Crippen LogP contribution in [-0.2, 0) is 13.5 Å². The molecule has 0 radical (unpaired) electrons. The first-order chi connectivity index (χ1) is 10.0. The van der Waals surface area contributed by atoms with Gasteiger partial charge in [-0.25, -0.2) is 4.98 Å². The fraction of sp³-hybridized carbons (Fsp3) is 0.231. The number of nitrogens with one attached hydrogen (secondary N) is 1. The molecule has 2 aromatic rings. The number of imidazole rings is 1. The van der Waals surface area contributed by atoms with Crippen LogP contribution in [0, 0.1) is 10.1 Å². The minimum absolute atomic E-state index is 0.0886. The second kappa shape index (κ2) is 6.36. The van der Waals surface area contributed by atoms with E-state index >= 15 is 0 Å². The highest BCUT2D eigenvalue weighted by Gasteiger charge is 2.19. The molecule has 0 saturated heterocycles. The minimum Gasteiger partial charge on any atom is -0.352 e. The number of carbonyl (C=O) groups excluding carboxylic acids is 1. The van der Waals surface area contributed by atoms with Crippen molar-refractivity contribution in [1.82, 2.24) is 14.9 Å². The minimum atomic E-state index is -0.618. The first-order valence-electron chi connectivity index (χ1n) is 6.18. The number of aryl methyl sites for hydroxylation is 1. The van der Waals surface area contributed by atoms with Gasteiger partial charge in [-0.3, -0.25) is 14.9 Å². The van der Waals surface area contributed by atoms with Gasteiger partial charge in [-0.05, 0) is 6.07 Å². The van der Waals surface area contributed by atoms with Gasteiger partial charge in [-0.2, -0.15) is 0 Å². The number of nitro benzene ring substituents is 1. The summed E-state index contributed by atoms with van der Waals surface area (Å²) in [5.41, 5.74) is -0.195. The molecule has 0 aliphatic heterocycles. The van der Waals surface area contributed by atoms with Crippen LogP contribution in [0.1, 0.15) is 16.2 Å². The van der Waals surface area contributed by atoms with Gasteiger partial charge in [0.1, 0.15) is 10.8 Å². The molecule has 7 nitrogen and oxygen atoms in total. The zero-order chi connectivity index (χ0) is 15.4. The molecule has 0 atom stereocenters. The highest BCUT2D eigenvalue weighted by molar-refractivity contribution is 6.35. The summed E-state index contributed by atoms with van der Waals surface area (Å²) in [5.74, 6) is 0.387. The van der Waals surface area contributed by atoms with Crippen LogP contribution in [0.15, 0.2) is 30.6 Å². The van der Waals surface area contributed by atoms with Crippen molar-refractivity contribution in [3.05, 3.63) is 57.1 Å². The van der Waals surface area contributed by atoms with Crippen molar-refractivity contribution in [3.8, 4) is 0 Å². The van der Waals surface area contributed by atoms with Crippen LogP contribution in [0.25, 0.3) is 0 Å². The lowest BCUT2D eigenvalue weighted by molar-refractivity contribution is -0.384. The summed E-state index contributed by atoms with van der Waals surface area (Å²) in [7, 11) is 1.86. The van der Waals surface area contributed by atoms with Crippen molar-refractivity contribution in [3.63, 3.8) is 0 Å². The number of halogens is 1. The smallest absolute Gasteiger partial charge is 0.288 e. The highest BCUT2D eigenvalue weighted by Crippen LogP contribution is 2.27. The number of aromatic nitrogens is 2. The van der Waals surface area contributed by atoms with Crippen molar-refractivity contribution in [2.24, 2.45) is 7.05 Å². The van der Waals surface area contributed by atoms with Gasteiger partial charge >= 0.3 is 0 Å². The van der Waals surface area contributed by atoms with Crippen LogP contribution in [0.2, 0.25) is 5.02 Å². The summed E-state index contributed by atoms with van der Waals surface area (Å²) in [6, 6.07) is 4.14. The van der Waals surface area contributed by atoms with Crippen LogP contribution in [0.4, 0.5) is 5.69 Å². The maximum Gasteiger partial charge on any atom is 0.288 e. The molecule has 2 rings (SSSR count). The zero-order valence-electron chi connectivity index (χ0n) is 11.2. The average molecular weight is 309 g/mol. The number of carbonyl (C=O) groups is 1. The maximum atomic E-state index is 12.0. The number of benzene rings is 1. The summed E-state index contributed by atoms with van der Waals surface area (Å²) < 4.78 is 1.85. The normalized spacial score (nSPS) is 10.4. The van der Waals surface area contributed by atoms with E-state index in [1.54, 1.807) is 6.20 Å². The van der Waals surface area contributed by atoms with E-state index in [1.807, 2.05) is 17.8 Å². The highest BCUT2D eigenvalue weighted by atomic mass is 35.5. The molecule has 0 bridgehead atoms. The Hall–Kier alpha value is -2.41. The molecule has 1 heterocycles. The lowest BCUT2D eigenvalue weighted by atomic mass is 10.2. The van der Waals surface area contributed by atoms with Crippen LogP contribution >= 0.6 is 11.6 Å². The molecule has 1 amide bonds. The molecule has 110 valence electrons.